The maximum atomic E-state index is 12.8. The molecule has 30 heavy (non-hydrogen) atoms. The van der Waals surface area contributed by atoms with Crippen molar-refractivity contribution in [1.82, 2.24) is 4.90 Å². The fourth-order valence-corrected chi connectivity index (χ4v) is 4.51. The third kappa shape index (κ3) is 12.9. The SMILES string of the molecule is CCCCCCCCCCCCCCCC(=O)N1C[C@H](OC(C)C)C[C@H]1COCC. The monoisotopic (exact) mass is 425 g/mol. The zero-order chi connectivity index (χ0) is 22.0. The van der Waals surface area contributed by atoms with Gasteiger partial charge in [0, 0.05) is 19.6 Å². The highest BCUT2D eigenvalue weighted by Gasteiger charge is 2.35. The summed E-state index contributed by atoms with van der Waals surface area (Å²) in [6, 6.07) is 0.183. The third-order valence-corrected chi connectivity index (χ3v) is 6.17. The molecule has 0 unspecified atom stereocenters. The van der Waals surface area contributed by atoms with Gasteiger partial charge >= 0.3 is 0 Å². The van der Waals surface area contributed by atoms with E-state index in [-0.39, 0.29) is 24.2 Å². The predicted octanol–water partition coefficient (Wildman–Crippen LogP) is 6.90. The van der Waals surface area contributed by atoms with E-state index < -0.39 is 0 Å². The first-order valence-corrected chi connectivity index (χ1v) is 13.1. The molecule has 0 aromatic heterocycles. The van der Waals surface area contributed by atoms with E-state index in [1.165, 1.54) is 77.0 Å². The molecule has 0 aliphatic carbocycles. The summed E-state index contributed by atoms with van der Waals surface area (Å²) in [5.74, 6) is 0.289. The van der Waals surface area contributed by atoms with Gasteiger partial charge in [0.05, 0.1) is 24.9 Å². The molecule has 0 radical (unpaired) electrons. The van der Waals surface area contributed by atoms with Crippen LogP contribution >= 0.6 is 0 Å². The number of amides is 1. The van der Waals surface area contributed by atoms with Crippen LogP contribution in [0.3, 0.4) is 0 Å². The Kier molecular flexibility index (Phi) is 16.5. The minimum absolute atomic E-state index is 0.158. The van der Waals surface area contributed by atoms with E-state index in [9.17, 15) is 4.79 Å². The van der Waals surface area contributed by atoms with Crippen molar-refractivity contribution in [2.24, 2.45) is 0 Å². The lowest BCUT2D eigenvalue weighted by Gasteiger charge is -2.24. The Balaban J connectivity index is 2.07. The summed E-state index contributed by atoms with van der Waals surface area (Å²) >= 11 is 0. The van der Waals surface area contributed by atoms with Gasteiger partial charge in [-0.2, -0.15) is 0 Å². The van der Waals surface area contributed by atoms with Crippen LogP contribution in [-0.2, 0) is 14.3 Å². The fraction of sp³-hybridized carbons (Fsp3) is 0.962. The number of unbranched alkanes of at least 4 members (excludes halogenated alkanes) is 12. The molecule has 0 N–H and O–H groups in total. The van der Waals surface area contributed by atoms with E-state index in [4.69, 9.17) is 9.47 Å². The summed E-state index contributed by atoms with van der Waals surface area (Å²) in [5.41, 5.74) is 0. The van der Waals surface area contributed by atoms with Crippen molar-refractivity contribution in [3.8, 4) is 0 Å². The van der Waals surface area contributed by atoms with Gasteiger partial charge in [0.2, 0.25) is 5.91 Å². The molecular formula is C26H51NO3. The van der Waals surface area contributed by atoms with Crippen molar-refractivity contribution in [1.29, 1.82) is 0 Å². The minimum atomic E-state index is 0.158. The standard InChI is InChI=1S/C26H51NO3/c1-5-7-8-9-10-11-12-13-14-15-16-17-18-19-26(28)27-21-25(30-23(3)4)20-24(27)22-29-6-2/h23-25H,5-22H2,1-4H3/t24-,25+/m0/s1. The molecule has 4 heteroatoms. The number of rotatable bonds is 19. The third-order valence-electron chi connectivity index (χ3n) is 6.17. The molecule has 1 rings (SSSR count). The summed E-state index contributed by atoms with van der Waals surface area (Å²) < 4.78 is 11.6. The average molecular weight is 426 g/mol. The first-order valence-electron chi connectivity index (χ1n) is 13.1. The quantitative estimate of drug-likeness (QED) is 0.211. The van der Waals surface area contributed by atoms with Gasteiger partial charge in [-0.15, -0.1) is 0 Å². The van der Waals surface area contributed by atoms with Crippen molar-refractivity contribution in [3.63, 3.8) is 0 Å². The Morgan fingerprint density at radius 2 is 1.40 bits per heavy atom. The number of nitrogens with zero attached hydrogens (tertiary/aromatic N) is 1. The van der Waals surface area contributed by atoms with Gasteiger partial charge in [0.1, 0.15) is 0 Å². The molecule has 178 valence electrons. The number of hydrogen-bond donors (Lipinski definition) is 0. The maximum Gasteiger partial charge on any atom is 0.222 e. The van der Waals surface area contributed by atoms with Gasteiger partial charge in [-0.1, -0.05) is 84.0 Å². The molecule has 1 aliphatic heterocycles. The molecule has 4 nitrogen and oxygen atoms in total. The van der Waals surface area contributed by atoms with Crippen LogP contribution in [0.2, 0.25) is 0 Å². The van der Waals surface area contributed by atoms with E-state index in [2.05, 4.69) is 20.8 Å². The molecule has 0 saturated carbocycles. The van der Waals surface area contributed by atoms with Gasteiger partial charge in [-0.05, 0) is 33.6 Å². The molecule has 1 heterocycles. The number of ether oxygens (including phenoxy) is 2. The lowest BCUT2D eigenvalue weighted by Crippen LogP contribution is -2.38. The number of carbonyl (C=O) groups excluding carboxylic acids is 1. The molecule has 1 aliphatic rings. The van der Waals surface area contributed by atoms with Crippen molar-refractivity contribution < 1.29 is 14.3 Å². The van der Waals surface area contributed by atoms with Crippen LogP contribution in [0.1, 0.15) is 124 Å². The molecule has 1 fully saturated rings. The lowest BCUT2D eigenvalue weighted by molar-refractivity contribution is -0.133. The summed E-state index contributed by atoms with van der Waals surface area (Å²) in [6.07, 6.45) is 19.3. The van der Waals surface area contributed by atoms with E-state index in [1.807, 2.05) is 11.8 Å². The second kappa shape index (κ2) is 18.0. The van der Waals surface area contributed by atoms with Crippen LogP contribution in [0.5, 0.6) is 0 Å². The largest absolute Gasteiger partial charge is 0.380 e. The topological polar surface area (TPSA) is 38.8 Å². The molecule has 1 amide bonds. The first-order chi connectivity index (χ1) is 14.6. The second-order valence-electron chi connectivity index (χ2n) is 9.39. The zero-order valence-electron chi connectivity index (χ0n) is 20.6. The number of carbonyl (C=O) groups is 1. The summed E-state index contributed by atoms with van der Waals surface area (Å²) in [7, 11) is 0. The molecular weight excluding hydrogens is 374 g/mol. The van der Waals surface area contributed by atoms with Crippen LogP contribution in [0, 0.1) is 0 Å². The van der Waals surface area contributed by atoms with E-state index in [1.54, 1.807) is 0 Å². The average Bonchev–Trinajstić information content (AvgIpc) is 3.11. The lowest BCUT2D eigenvalue weighted by atomic mass is 10.0. The highest BCUT2D eigenvalue weighted by molar-refractivity contribution is 5.76. The van der Waals surface area contributed by atoms with Crippen molar-refractivity contribution in [2.75, 3.05) is 19.8 Å². The Bertz CT molecular complexity index is 413. The van der Waals surface area contributed by atoms with Gasteiger partial charge in [0.25, 0.3) is 0 Å². The fourth-order valence-electron chi connectivity index (χ4n) is 4.51. The smallest absolute Gasteiger partial charge is 0.222 e. The number of likely N-dealkylation sites (tertiary alicyclic amines) is 1. The minimum Gasteiger partial charge on any atom is -0.380 e. The van der Waals surface area contributed by atoms with Crippen LogP contribution in [-0.4, -0.2) is 48.8 Å². The summed E-state index contributed by atoms with van der Waals surface area (Å²) in [4.78, 5) is 14.8. The van der Waals surface area contributed by atoms with Gasteiger partial charge < -0.3 is 14.4 Å². The number of hydrogen-bond acceptors (Lipinski definition) is 3. The molecule has 0 spiro atoms. The van der Waals surface area contributed by atoms with E-state index in [0.717, 1.165) is 19.4 Å². The van der Waals surface area contributed by atoms with Crippen LogP contribution in [0.15, 0.2) is 0 Å². The highest BCUT2D eigenvalue weighted by Crippen LogP contribution is 2.23. The van der Waals surface area contributed by atoms with Gasteiger partial charge in [0.15, 0.2) is 0 Å². The second-order valence-corrected chi connectivity index (χ2v) is 9.39. The Labute approximate surface area is 187 Å². The van der Waals surface area contributed by atoms with E-state index in [0.29, 0.717) is 19.6 Å². The van der Waals surface area contributed by atoms with Gasteiger partial charge in [-0.3, -0.25) is 4.79 Å². The highest BCUT2D eigenvalue weighted by atomic mass is 16.5. The normalized spacial score (nSPS) is 19.2. The van der Waals surface area contributed by atoms with Crippen molar-refractivity contribution in [3.05, 3.63) is 0 Å². The molecule has 2 atom stereocenters. The molecule has 0 aromatic rings. The van der Waals surface area contributed by atoms with Crippen LogP contribution in [0.25, 0.3) is 0 Å². The molecule has 0 bridgehead atoms. The zero-order valence-corrected chi connectivity index (χ0v) is 20.6. The molecule has 0 aromatic carbocycles. The van der Waals surface area contributed by atoms with Crippen molar-refractivity contribution in [2.45, 2.75) is 142 Å². The first kappa shape index (κ1) is 27.4. The van der Waals surface area contributed by atoms with E-state index >= 15 is 0 Å². The van der Waals surface area contributed by atoms with Crippen LogP contribution in [0.4, 0.5) is 0 Å². The summed E-state index contributed by atoms with van der Waals surface area (Å²) in [5, 5.41) is 0. The molecule has 1 saturated heterocycles. The van der Waals surface area contributed by atoms with Crippen LogP contribution < -0.4 is 0 Å². The Hall–Kier alpha value is -0.610. The van der Waals surface area contributed by atoms with Crippen molar-refractivity contribution >= 4 is 5.91 Å². The predicted molar refractivity (Wildman–Crippen MR) is 127 cm³/mol. The Morgan fingerprint density at radius 3 is 1.90 bits per heavy atom. The van der Waals surface area contributed by atoms with Gasteiger partial charge in [-0.25, -0.2) is 0 Å². The summed E-state index contributed by atoms with van der Waals surface area (Å²) in [6.45, 7) is 10.5. The Morgan fingerprint density at radius 1 is 0.867 bits per heavy atom. The maximum absolute atomic E-state index is 12.8.